The lowest BCUT2D eigenvalue weighted by molar-refractivity contribution is 0.561. The van der Waals surface area contributed by atoms with Crippen molar-refractivity contribution in [3.05, 3.63) is 29.3 Å². The van der Waals surface area contributed by atoms with Crippen LogP contribution in [0.4, 0.5) is 14.5 Å². The third kappa shape index (κ3) is 3.16. The van der Waals surface area contributed by atoms with Gasteiger partial charge in [0.1, 0.15) is 17.3 Å². The maximum Gasteiger partial charge on any atom is 0.149 e. The van der Waals surface area contributed by atoms with E-state index in [1.54, 1.807) is 14.0 Å². The van der Waals surface area contributed by atoms with E-state index in [1.165, 1.54) is 17.0 Å². The van der Waals surface area contributed by atoms with Gasteiger partial charge in [0, 0.05) is 18.4 Å². The Bertz CT molecular complexity index is 420. The highest BCUT2D eigenvalue weighted by Gasteiger charge is 2.19. The summed E-state index contributed by atoms with van der Waals surface area (Å²) in [6, 6.07) is 4.34. The molecule has 0 amide bonds. The van der Waals surface area contributed by atoms with Crippen molar-refractivity contribution >= 4 is 21.6 Å². The van der Waals surface area contributed by atoms with Crippen molar-refractivity contribution in [2.45, 2.75) is 24.7 Å². The molecule has 0 saturated heterocycles. The van der Waals surface area contributed by atoms with Crippen molar-refractivity contribution in [2.24, 2.45) is 0 Å². The normalized spacial score (nSPS) is 12.0. The van der Waals surface area contributed by atoms with E-state index in [4.69, 9.17) is 5.26 Å². The molecule has 92 valence electrons. The topological polar surface area (TPSA) is 27.0 Å². The minimum Gasteiger partial charge on any atom is -0.366 e. The molecule has 1 atom stereocenters. The highest BCUT2D eigenvalue weighted by atomic mass is 79.9. The van der Waals surface area contributed by atoms with Gasteiger partial charge in [-0.3, -0.25) is 0 Å². The van der Waals surface area contributed by atoms with Gasteiger partial charge in [-0.05, 0) is 24.6 Å². The van der Waals surface area contributed by atoms with E-state index < -0.39 is 11.6 Å². The van der Waals surface area contributed by atoms with Crippen molar-refractivity contribution in [1.29, 1.82) is 5.26 Å². The van der Waals surface area contributed by atoms with Crippen LogP contribution in [0.25, 0.3) is 0 Å². The number of benzene rings is 1. The van der Waals surface area contributed by atoms with E-state index in [0.29, 0.717) is 10.9 Å². The fourth-order valence-corrected chi connectivity index (χ4v) is 1.85. The second-order valence-corrected chi connectivity index (χ2v) is 4.42. The van der Waals surface area contributed by atoms with Crippen molar-refractivity contribution in [1.82, 2.24) is 0 Å². The molecule has 0 saturated carbocycles. The van der Waals surface area contributed by atoms with Gasteiger partial charge in [-0.2, -0.15) is 5.26 Å². The lowest BCUT2D eigenvalue weighted by Crippen LogP contribution is -2.30. The molecule has 0 bridgehead atoms. The van der Waals surface area contributed by atoms with Crippen LogP contribution in [0, 0.1) is 23.0 Å². The molecule has 0 spiro atoms. The van der Waals surface area contributed by atoms with Gasteiger partial charge < -0.3 is 4.90 Å². The molecule has 1 aromatic carbocycles. The second kappa shape index (κ2) is 5.97. The smallest absolute Gasteiger partial charge is 0.149 e. The molecule has 17 heavy (non-hydrogen) atoms. The number of hydrogen-bond acceptors (Lipinski definition) is 2. The molecule has 0 aromatic heterocycles. The maximum absolute atomic E-state index is 13.8. The summed E-state index contributed by atoms with van der Waals surface area (Å²) in [6.45, 7) is 1.75. The standard InChI is InChI=1S/C12H13BrF2N2/c1-8(3-4-16)17(2)12-10(14)5-9(7-13)6-11(12)15/h5-6,8H,3,7H2,1-2H3. The Hall–Kier alpha value is -1.15. The lowest BCUT2D eigenvalue weighted by atomic mass is 10.1. The van der Waals surface area contributed by atoms with Gasteiger partial charge >= 0.3 is 0 Å². The molecule has 1 unspecified atom stereocenters. The molecule has 0 aliphatic carbocycles. The highest BCUT2D eigenvalue weighted by molar-refractivity contribution is 9.08. The summed E-state index contributed by atoms with van der Waals surface area (Å²) in [5.41, 5.74) is 0.461. The Morgan fingerprint density at radius 2 is 1.94 bits per heavy atom. The monoisotopic (exact) mass is 302 g/mol. The highest BCUT2D eigenvalue weighted by Crippen LogP contribution is 2.26. The van der Waals surface area contributed by atoms with E-state index in [0.717, 1.165) is 0 Å². The zero-order chi connectivity index (χ0) is 13.0. The van der Waals surface area contributed by atoms with Crippen LogP contribution in [0.15, 0.2) is 12.1 Å². The fraction of sp³-hybridized carbons (Fsp3) is 0.417. The minimum atomic E-state index is -0.605. The molecular formula is C12H13BrF2N2. The Balaban J connectivity index is 3.10. The summed E-state index contributed by atoms with van der Waals surface area (Å²) in [5, 5.41) is 8.98. The molecule has 2 nitrogen and oxygen atoms in total. The lowest BCUT2D eigenvalue weighted by Gasteiger charge is -2.26. The number of alkyl halides is 1. The van der Waals surface area contributed by atoms with Gasteiger partial charge in [0.2, 0.25) is 0 Å². The molecular weight excluding hydrogens is 290 g/mol. The van der Waals surface area contributed by atoms with Gasteiger partial charge in [0.05, 0.1) is 12.5 Å². The van der Waals surface area contributed by atoms with Crippen molar-refractivity contribution in [2.75, 3.05) is 11.9 Å². The fourth-order valence-electron chi connectivity index (χ4n) is 1.52. The van der Waals surface area contributed by atoms with Gasteiger partial charge in [-0.15, -0.1) is 0 Å². The van der Waals surface area contributed by atoms with Crippen molar-refractivity contribution < 1.29 is 8.78 Å². The van der Waals surface area contributed by atoms with Crippen LogP contribution in [-0.2, 0) is 5.33 Å². The Labute approximate surface area is 108 Å². The maximum atomic E-state index is 13.8. The van der Waals surface area contributed by atoms with E-state index in [9.17, 15) is 8.78 Å². The summed E-state index contributed by atoms with van der Waals surface area (Å²) in [7, 11) is 1.58. The molecule has 5 heteroatoms. The summed E-state index contributed by atoms with van der Waals surface area (Å²) in [6.07, 6.45) is 0.218. The van der Waals surface area contributed by atoms with Crippen LogP contribution in [0.5, 0.6) is 0 Å². The van der Waals surface area contributed by atoms with E-state index in [1.807, 2.05) is 6.07 Å². The first-order chi connectivity index (χ1) is 8.01. The molecule has 0 aliphatic heterocycles. The Morgan fingerprint density at radius 3 is 2.35 bits per heavy atom. The largest absolute Gasteiger partial charge is 0.366 e. The number of hydrogen-bond donors (Lipinski definition) is 0. The van der Waals surface area contributed by atoms with E-state index >= 15 is 0 Å². The molecule has 0 radical (unpaired) electrons. The Kier molecular flexibility index (Phi) is 4.88. The predicted octanol–water partition coefficient (Wildman–Crippen LogP) is 3.60. The van der Waals surface area contributed by atoms with Crippen molar-refractivity contribution in [3.63, 3.8) is 0 Å². The predicted molar refractivity (Wildman–Crippen MR) is 67.1 cm³/mol. The Morgan fingerprint density at radius 1 is 1.41 bits per heavy atom. The average molecular weight is 303 g/mol. The minimum absolute atomic E-state index is 0.0857. The first kappa shape index (κ1) is 13.9. The number of nitriles is 1. The van der Waals surface area contributed by atoms with Crippen LogP contribution in [0.1, 0.15) is 18.9 Å². The van der Waals surface area contributed by atoms with Crippen LogP contribution >= 0.6 is 15.9 Å². The average Bonchev–Trinajstić information content (AvgIpc) is 2.28. The summed E-state index contributed by atoms with van der Waals surface area (Å²) in [4.78, 5) is 1.45. The SMILES string of the molecule is CC(CC#N)N(C)c1c(F)cc(CBr)cc1F. The quantitative estimate of drug-likeness (QED) is 0.795. The van der Waals surface area contributed by atoms with Crippen LogP contribution < -0.4 is 4.90 Å². The van der Waals surface area contributed by atoms with E-state index in [2.05, 4.69) is 15.9 Å². The van der Waals surface area contributed by atoms with Crippen LogP contribution in [-0.4, -0.2) is 13.1 Å². The number of rotatable bonds is 4. The van der Waals surface area contributed by atoms with Gasteiger partial charge in [-0.1, -0.05) is 15.9 Å². The second-order valence-electron chi connectivity index (χ2n) is 3.86. The van der Waals surface area contributed by atoms with Crippen LogP contribution in [0.2, 0.25) is 0 Å². The molecule has 1 rings (SSSR count). The third-order valence-electron chi connectivity index (χ3n) is 2.63. The van der Waals surface area contributed by atoms with Gasteiger partial charge in [0.25, 0.3) is 0 Å². The van der Waals surface area contributed by atoms with Gasteiger partial charge in [0.15, 0.2) is 0 Å². The third-order valence-corrected chi connectivity index (χ3v) is 3.28. The molecule has 0 heterocycles. The van der Waals surface area contributed by atoms with Gasteiger partial charge in [-0.25, -0.2) is 8.78 Å². The molecule has 0 N–H and O–H groups in total. The zero-order valence-corrected chi connectivity index (χ0v) is 11.3. The number of nitrogens with zero attached hydrogens (tertiary/aromatic N) is 2. The van der Waals surface area contributed by atoms with Crippen LogP contribution in [0.3, 0.4) is 0 Å². The molecule has 0 aliphatic rings. The van der Waals surface area contributed by atoms with Crippen molar-refractivity contribution in [3.8, 4) is 6.07 Å². The molecule has 1 aromatic rings. The number of halogens is 3. The first-order valence-corrected chi connectivity index (χ1v) is 6.27. The molecule has 0 fully saturated rings. The summed E-state index contributed by atoms with van der Waals surface area (Å²) in [5.74, 6) is -1.21. The number of anilines is 1. The summed E-state index contributed by atoms with van der Waals surface area (Å²) < 4.78 is 27.5. The first-order valence-electron chi connectivity index (χ1n) is 5.15. The zero-order valence-electron chi connectivity index (χ0n) is 9.67. The summed E-state index contributed by atoms with van der Waals surface area (Å²) >= 11 is 3.15. The van der Waals surface area contributed by atoms with E-state index in [-0.39, 0.29) is 18.2 Å².